The summed E-state index contributed by atoms with van der Waals surface area (Å²) >= 11 is 5.76. The summed E-state index contributed by atoms with van der Waals surface area (Å²) in [6.07, 6.45) is 0. The second-order valence-electron chi connectivity index (χ2n) is 2.96. The molecule has 0 unspecified atom stereocenters. The van der Waals surface area contributed by atoms with Crippen molar-refractivity contribution in [1.29, 1.82) is 0 Å². The number of aromatic nitrogens is 3. The number of nitro groups is 1. The van der Waals surface area contributed by atoms with Gasteiger partial charge >= 0.3 is 0 Å². The van der Waals surface area contributed by atoms with Crippen molar-refractivity contribution in [2.45, 2.75) is 0 Å². The zero-order chi connectivity index (χ0) is 11.7. The van der Waals surface area contributed by atoms with Crippen molar-refractivity contribution in [3.8, 4) is 11.4 Å². The van der Waals surface area contributed by atoms with Gasteiger partial charge < -0.3 is 5.73 Å². The molecule has 82 valence electrons. The molecule has 2 aromatic rings. The summed E-state index contributed by atoms with van der Waals surface area (Å²) in [4.78, 5) is 14.1. The van der Waals surface area contributed by atoms with Crippen LogP contribution < -0.4 is 5.73 Å². The maximum absolute atomic E-state index is 10.8. The largest absolute Gasteiger partial charge is 0.366 e. The predicted octanol–water partition coefficient (Wildman–Crippen LogP) is 1.62. The highest BCUT2D eigenvalue weighted by Gasteiger charge is 2.18. The van der Waals surface area contributed by atoms with Crippen molar-refractivity contribution in [2.24, 2.45) is 0 Å². The van der Waals surface area contributed by atoms with Crippen LogP contribution in [-0.2, 0) is 0 Å². The second kappa shape index (κ2) is 3.78. The third kappa shape index (κ3) is 1.80. The number of anilines is 1. The van der Waals surface area contributed by atoms with E-state index in [9.17, 15) is 10.1 Å². The highest BCUT2D eigenvalue weighted by molar-refractivity contribution is 6.31. The Morgan fingerprint density at radius 2 is 2.25 bits per heavy atom. The molecule has 0 amide bonds. The molecule has 1 aromatic heterocycles. The number of halogens is 1. The van der Waals surface area contributed by atoms with Gasteiger partial charge in [-0.25, -0.2) is 0 Å². The number of nitrogens with two attached hydrogens (primary N) is 1. The molecule has 1 aromatic carbocycles. The molecule has 0 radical (unpaired) electrons. The normalized spacial score (nSPS) is 10.3. The Kier molecular flexibility index (Phi) is 2.45. The molecule has 0 bridgehead atoms. The van der Waals surface area contributed by atoms with Crippen LogP contribution in [0, 0.1) is 10.1 Å². The maximum atomic E-state index is 10.8. The molecule has 0 aliphatic rings. The lowest BCUT2D eigenvalue weighted by Gasteiger charge is -1.99. The topological polar surface area (TPSA) is 111 Å². The van der Waals surface area contributed by atoms with E-state index < -0.39 is 4.92 Å². The van der Waals surface area contributed by atoms with E-state index in [-0.39, 0.29) is 23.0 Å². The van der Waals surface area contributed by atoms with Crippen LogP contribution in [0.25, 0.3) is 11.4 Å². The molecular weight excluding hydrogens is 234 g/mol. The van der Waals surface area contributed by atoms with Crippen LogP contribution in [-0.4, -0.2) is 20.1 Å². The molecule has 2 rings (SSSR count). The van der Waals surface area contributed by atoms with Gasteiger partial charge in [-0.3, -0.25) is 15.2 Å². The number of nitro benzene ring substituents is 1. The van der Waals surface area contributed by atoms with Crippen molar-refractivity contribution in [3.63, 3.8) is 0 Å². The smallest absolute Gasteiger partial charge is 0.280 e. The third-order valence-electron chi connectivity index (χ3n) is 1.91. The fraction of sp³-hybridized carbons (Fsp3) is 0. The van der Waals surface area contributed by atoms with Crippen molar-refractivity contribution in [1.82, 2.24) is 15.2 Å². The Morgan fingerprint density at radius 3 is 2.81 bits per heavy atom. The standard InChI is InChI=1S/C8H6ClN5O2/c9-4-1-2-6(14(15)16)5(3-4)7-11-8(10)13-12-7/h1-3H,(H3,10,11,12,13). The fourth-order valence-electron chi connectivity index (χ4n) is 1.25. The van der Waals surface area contributed by atoms with Crippen molar-refractivity contribution < 1.29 is 4.92 Å². The molecule has 3 N–H and O–H groups in total. The molecule has 0 aliphatic heterocycles. The second-order valence-corrected chi connectivity index (χ2v) is 3.40. The van der Waals surface area contributed by atoms with Crippen LogP contribution in [0.1, 0.15) is 0 Å². The molecule has 16 heavy (non-hydrogen) atoms. The minimum absolute atomic E-state index is 0.0178. The quantitative estimate of drug-likeness (QED) is 0.611. The molecule has 8 heteroatoms. The number of rotatable bonds is 2. The van der Waals surface area contributed by atoms with Gasteiger partial charge in [0.1, 0.15) is 0 Å². The van der Waals surface area contributed by atoms with Gasteiger partial charge in [0.15, 0.2) is 5.82 Å². The van der Waals surface area contributed by atoms with E-state index >= 15 is 0 Å². The summed E-state index contributed by atoms with van der Waals surface area (Å²) in [7, 11) is 0. The Hall–Kier alpha value is -2.15. The lowest BCUT2D eigenvalue weighted by atomic mass is 10.2. The molecule has 0 spiro atoms. The first-order chi connectivity index (χ1) is 7.58. The Morgan fingerprint density at radius 1 is 1.50 bits per heavy atom. The van der Waals surface area contributed by atoms with Crippen molar-refractivity contribution >= 4 is 23.2 Å². The van der Waals surface area contributed by atoms with E-state index in [1.54, 1.807) is 0 Å². The van der Waals surface area contributed by atoms with Gasteiger partial charge in [0, 0.05) is 11.1 Å². The minimum atomic E-state index is -0.523. The average molecular weight is 240 g/mol. The van der Waals surface area contributed by atoms with Gasteiger partial charge in [-0.1, -0.05) is 11.6 Å². The molecule has 1 heterocycles. The number of aromatic amines is 1. The van der Waals surface area contributed by atoms with E-state index in [0.717, 1.165) is 0 Å². The van der Waals surface area contributed by atoms with Crippen molar-refractivity contribution in [3.05, 3.63) is 33.3 Å². The Balaban J connectivity index is 2.62. The molecule has 0 saturated heterocycles. The summed E-state index contributed by atoms with van der Waals surface area (Å²) in [6.45, 7) is 0. The first-order valence-electron chi connectivity index (χ1n) is 4.20. The van der Waals surface area contributed by atoms with Gasteiger partial charge in [-0.15, -0.1) is 5.10 Å². The summed E-state index contributed by atoms with van der Waals surface area (Å²) in [5, 5.41) is 17.2. The van der Waals surface area contributed by atoms with Gasteiger partial charge in [-0.2, -0.15) is 4.98 Å². The number of hydrogen-bond donors (Lipinski definition) is 2. The van der Waals surface area contributed by atoms with Crippen LogP contribution in [0.4, 0.5) is 11.6 Å². The monoisotopic (exact) mass is 239 g/mol. The minimum Gasteiger partial charge on any atom is -0.366 e. The third-order valence-corrected chi connectivity index (χ3v) is 2.15. The summed E-state index contributed by atoms with van der Waals surface area (Å²) in [6, 6.07) is 4.17. The van der Waals surface area contributed by atoms with Crippen LogP contribution >= 0.6 is 11.6 Å². The van der Waals surface area contributed by atoms with E-state index in [4.69, 9.17) is 17.3 Å². The number of nitrogens with one attached hydrogen (secondary N) is 1. The molecule has 0 aliphatic carbocycles. The zero-order valence-electron chi connectivity index (χ0n) is 7.85. The average Bonchev–Trinajstić information content (AvgIpc) is 2.64. The molecule has 0 atom stereocenters. The van der Waals surface area contributed by atoms with E-state index in [2.05, 4.69) is 15.2 Å². The van der Waals surface area contributed by atoms with Gasteiger partial charge in [0.05, 0.1) is 10.5 Å². The lowest BCUT2D eigenvalue weighted by molar-refractivity contribution is -0.384. The van der Waals surface area contributed by atoms with Crippen LogP contribution in [0.15, 0.2) is 18.2 Å². The SMILES string of the molecule is Nc1n[nH]c(-c2cc(Cl)ccc2[N+](=O)[O-])n1. The van der Waals surface area contributed by atoms with Gasteiger partial charge in [0.25, 0.3) is 5.69 Å². The van der Waals surface area contributed by atoms with E-state index in [1.165, 1.54) is 18.2 Å². The van der Waals surface area contributed by atoms with Gasteiger partial charge in [-0.05, 0) is 12.1 Å². The first kappa shape index (κ1) is 10.4. The maximum Gasteiger partial charge on any atom is 0.280 e. The molecule has 0 saturated carbocycles. The van der Waals surface area contributed by atoms with Gasteiger partial charge in [0.2, 0.25) is 5.95 Å². The van der Waals surface area contributed by atoms with E-state index in [1.807, 2.05) is 0 Å². The summed E-state index contributed by atoms with van der Waals surface area (Å²) < 4.78 is 0. The van der Waals surface area contributed by atoms with Crippen LogP contribution in [0.2, 0.25) is 5.02 Å². The molecule has 0 fully saturated rings. The molecule has 7 nitrogen and oxygen atoms in total. The number of hydrogen-bond acceptors (Lipinski definition) is 5. The first-order valence-corrected chi connectivity index (χ1v) is 4.58. The van der Waals surface area contributed by atoms with Crippen LogP contribution in [0.5, 0.6) is 0 Å². The number of nitrogen functional groups attached to an aromatic ring is 1. The predicted molar refractivity (Wildman–Crippen MR) is 57.9 cm³/mol. The van der Waals surface area contributed by atoms with Crippen molar-refractivity contribution in [2.75, 3.05) is 5.73 Å². The summed E-state index contributed by atoms with van der Waals surface area (Å²) in [5.41, 5.74) is 5.46. The molecular formula is C8H6ClN5O2. The lowest BCUT2D eigenvalue weighted by Crippen LogP contribution is -1.93. The number of H-pyrrole nitrogens is 1. The highest BCUT2D eigenvalue weighted by atomic mass is 35.5. The van der Waals surface area contributed by atoms with E-state index in [0.29, 0.717) is 5.02 Å². The number of benzene rings is 1. The Labute approximate surface area is 94.4 Å². The fourth-order valence-corrected chi connectivity index (χ4v) is 1.42. The van der Waals surface area contributed by atoms with Crippen LogP contribution in [0.3, 0.4) is 0 Å². The highest BCUT2D eigenvalue weighted by Crippen LogP contribution is 2.30. The summed E-state index contributed by atoms with van der Waals surface area (Å²) in [5.74, 6) is 0.232. The zero-order valence-corrected chi connectivity index (χ0v) is 8.60. The Bertz CT molecular complexity index is 553. The number of nitrogens with zero attached hydrogens (tertiary/aromatic N) is 3.